The molecular weight excluding hydrogens is 342 g/mol. The molecule has 5 nitrogen and oxygen atoms in total. The van der Waals surface area contributed by atoms with Crippen molar-refractivity contribution in [1.82, 2.24) is 5.32 Å². The molecule has 27 heavy (non-hydrogen) atoms. The fourth-order valence-electron chi connectivity index (χ4n) is 2.41. The molecule has 0 aliphatic carbocycles. The van der Waals surface area contributed by atoms with Gasteiger partial charge in [-0.15, -0.1) is 0 Å². The van der Waals surface area contributed by atoms with Crippen LogP contribution in [0.25, 0.3) is 0 Å². The monoisotopic (exact) mass is 369 g/mol. The van der Waals surface area contributed by atoms with Gasteiger partial charge in [-0.25, -0.2) is 0 Å². The van der Waals surface area contributed by atoms with Crippen LogP contribution in [0.15, 0.2) is 55.1 Å². The van der Waals surface area contributed by atoms with E-state index in [1.807, 2.05) is 18.2 Å². The lowest BCUT2D eigenvalue weighted by atomic mass is 10.1. The number of hydrogen-bond acceptors (Lipinski definition) is 4. The van der Waals surface area contributed by atoms with Crippen molar-refractivity contribution in [3.05, 3.63) is 66.2 Å². The summed E-state index contributed by atoms with van der Waals surface area (Å²) in [6.07, 6.45) is 3.75. The van der Waals surface area contributed by atoms with Gasteiger partial charge in [-0.1, -0.05) is 32.1 Å². The van der Waals surface area contributed by atoms with Crippen LogP contribution in [0.3, 0.4) is 0 Å². The zero-order chi connectivity index (χ0) is 19.5. The summed E-state index contributed by atoms with van der Waals surface area (Å²) in [5.41, 5.74) is 1.52. The second kappa shape index (κ2) is 10.9. The molecule has 0 unspecified atom stereocenters. The van der Waals surface area contributed by atoms with Crippen molar-refractivity contribution < 1.29 is 19.0 Å². The molecule has 5 heteroatoms. The number of hydrogen-bond donors (Lipinski definition) is 1. The van der Waals surface area contributed by atoms with Crippen molar-refractivity contribution in [2.45, 2.75) is 26.3 Å². The standard InChI is InChI=1S/C22H27NO4/c1-4-6-14-27-20-12-7-17(15-21(20)25-3)16-23-22(24)18-8-10-19(11-9-18)26-13-5-2/h5,7-12,15H,2,4,6,13-14,16H2,1,3H3,(H,23,24). The molecule has 1 amide bonds. The van der Waals surface area contributed by atoms with Gasteiger partial charge in [0.2, 0.25) is 0 Å². The van der Waals surface area contributed by atoms with Gasteiger partial charge in [0, 0.05) is 12.1 Å². The van der Waals surface area contributed by atoms with Crippen LogP contribution < -0.4 is 19.5 Å². The lowest BCUT2D eigenvalue weighted by molar-refractivity contribution is 0.0951. The van der Waals surface area contributed by atoms with Gasteiger partial charge >= 0.3 is 0 Å². The predicted octanol–water partition coefficient (Wildman–Crippen LogP) is 4.37. The summed E-state index contributed by atoms with van der Waals surface area (Å²) in [5, 5.41) is 2.91. The SMILES string of the molecule is C=CCOc1ccc(C(=O)NCc2ccc(OCCCC)c(OC)c2)cc1. The van der Waals surface area contributed by atoms with Crippen LogP contribution in [0.2, 0.25) is 0 Å². The topological polar surface area (TPSA) is 56.8 Å². The average molecular weight is 369 g/mol. The maximum Gasteiger partial charge on any atom is 0.251 e. The maximum atomic E-state index is 12.3. The molecule has 0 aromatic heterocycles. The highest BCUT2D eigenvalue weighted by Gasteiger charge is 2.09. The van der Waals surface area contributed by atoms with Crippen LogP contribution >= 0.6 is 0 Å². The normalized spacial score (nSPS) is 10.1. The maximum absolute atomic E-state index is 12.3. The molecule has 1 N–H and O–H groups in total. The van der Waals surface area contributed by atoms with E-state index in [0.29, 0.717) is 36.8 Å². The molecule has 0 bridgehead atoms. The third-order valence-electron chi connectivity index (χ3n) is 3.92. The summed E-state index contributed by atoms with van der Waals surface area (Å²) in [5.74, 6) is 1.94. The van der Waals surface area contributed by atoms with Crippen LogP contribution in [0, 0.1) is 0 Å². The van der Waals surface area contributed by atoms with Crippen LogP contribution in [0.5, 0.6) is 17.2 Å². The second-order valence-corrected chi connectivity index (χ2v) is 5.99. The minimum atomic E-state index is -0.146. The number of carbonyl (C=O) groups is 1. The molecule has 0 aliphatic rings. The Kier molecular flexibility index (Phi) is 8.23. The van der Waals surface area contributed by atoms with Gasteiger partial charge in [-0.2, -0.15) is 0 Å². The predicted molar refractivity (Wildman–Crippen MR) is 107 cm³/mol. The van der Waals surface area contributed by atoms with Crippen molar-refractivity contribution in [2.24, 2.45) is 0 Å². The molecule has 2 aromatic carbocycles. The molecule has 0 atom stereocenters. The molecule has 0 radical (unpaired) electrons. The van der Waals surface area contributed by atoms with E-state index in [0.717, 1.165) is 24.2 Å². The van der Waals surface area contributed by atoms with Crippen molar-refractivity contribution in [3.8, 4) is 17.2 Å². The Morgan fingerprint density at radius 2 is 1.89 bits per heavy atom. The van der Waals surface area contributed by atoms with Crippen molar-refractivity contribution in [1.29, 1.82) is 0 Å². The Hall–Kier alpha value is -2.95. The van der Waals surface area contributed by atoms with Crippen molar-refractivity contribution in [2.75, 3.05) is 20.3 Å². The molecule has 0 fully saturated rings. The molecular formula is C22H27NO4. The fourth-order valence-corrected chi connectivity index (χ4v) is 2.41. The molecule has 0 aliphatic heterocycles. The number of benzene rings is 2. The van der Waals surface area contributed by atoms with Crippen molar-refractivity contribution in [3.63, 3.8) is 0 Å². The minimum absolute atomic E-state index is 0.146. The van der Waals surface area contributed by atoms with E-state index in [1.54, 1.807) is 37.5 Å². The Bertz CT molecular complexity index is 740. The first-order chi connectivity index (χ1) is 13.2. The third kappa shape index (κ3) is 6.37. The summed E-state index contributed by atoms with van der Waals surface area (Å²) in [7, 11) is 1.61. The number of ether oxygens (including phenoxy) is 3. The molecule has 0 saturated heterocycles. The first-order valence-electron chi connectivity index (χ1n) is 9.09. The lowest BCUT2D eigenvalue weighted by Gasteiger charge is -2.12. The number of carbonyl (C=O) groups excluding carboxylic acids is 1. The summed E-state index contributed by atoms with van der Waals surface area (Å²) in [4.78, 5) is 12.3. The molecule has 144 valence electrons. The molecule has 0 saturated carbocycles. The van der Waals surface area contributed by atoms with Gasteiger partial charge in [0.15, 0.2) is 11.5 Å². The van der Waals surface area contributed by atoms with Gasteiger partial charge in [-0.05, 0) is 48.4 Å². The third-order valence-corrected chi connectivity index (χ3v) is 3.92. The smallest absolute Gasteiger partial charge is 0.251 e. The quantitative estimate of drug-likeness (QED) is 0.472. The number of rotatable bonds is 11. The Balaban J connectivity index is 1.93. The molecule has 2 rings (SSSR count). The Labute approximate surface area is 161 Å². The van der Waals surface area contributed by atoms with E-state index in [2.05, 4.69) is 18.8 Å². The number of unbranched alkanes of at least 4 members (excludes halogenated alkanes) is 1. The van der Waals surface area contributed by atoms with Crippen LogP contribution in [0.4, 0.5) is 0 Å². The molecule has 0 spiro atoms. The highest BCUT2D eigenvalue weighted by molar-refractivity contribution is 5.94. The number of nitrogens with one attached hydrogen (secondary N) is 1. The van der Waals surface area contributed by atoms with Gasteiger partial charge in [0.05, 0.1) is 13.7 Å². The minimum Gasteiger partial charge on any atom is -0.493 e. The second-order valence-electron chi connectivity index (χ2n) is 5.99. The Morgan fingerprint density at radius 1 is 1.11 bits per heavy atom. The zero-order valence-corrected chi connectivity index (χ0v) is 16.0. The first-order valence-corrected chi connectivity index (χ1v) is 9.09. The summed E-state index contributed by atoms with van der Waals surface area (Å²) in [6.45, 7) is 7.22. The summed E-state index contributed by atoms with van der Waals surface area (Å²) < 4.78 is 16.5. The largest absolute Gasteiger partial charge is 0.493 e. The number of amides is 1. The van der Waals surface area contributed by atoms with E-state index in [4.69, 9.17) is 14.2 Å². The first kappa shape index (κ1) is 20.4. The van der Waals surface area contributed by atoms with Crippen molar-refractivity contribution >= 4 is 5.91 Å². The summed E-state index contributed by atoms with van der Waals surface area (Å²) in [6, 6.07) is 12.7. The van der Waals surface area contributed by atoms with Gasteiger partial charge in [-0.3, -0.25) is 4.79 Å². The van der Waals surface area contributed by atoms with E-state index in [9.17, 15) is 4.79 Å². The number of methoxy groups -OCH3 is 1. The molecule has 2 aromatic rings. The van der Waals surface area contributed by atoms with E-state index >= 15 is 0 Å². The average Bonchev–Trinajstić information content (AvgIpc) is 2.71. The van der Waals surface area contributed by atoms with Gasteiger partial charge < -0.3 is 19.5 Å². The Morgan fingerprint density at radius 3 is 2.56 bits per heavy atom. The van der Waals surface area contributed by atoms with Crippen LogP contribution in [-0.2, 0) is 6.54 Å². The van der Waals surface area contributed by atoms with E-state index < -0.39 is 0 Å². The van der Waals surface area contributed by atoms with Crippen LogP contribution in [0.1, 0.15) is 35.7 Å². The lowest BCUT2D eigenvalue weighted by Crippen LogP contribution is -2.22. The summed E-state index contributed by atoms with van der Waals surface area (Å²) >= 11 is 0. The fraction of sp³-hybridized carbons (Fsp3) is 0.318. The van der Waals surface area contributed by atoms with Gasteiger partial charge in [0.1, 0.15) is 12.4 Å². The molecule has 0 heterocycles. The van der Waals surface area contributed by atoms with E-state index in [1.165, 1.54) is 0 Å². The zero-order valence-electron chi connectivity index (χ0n) is 16.0. The van der Waals surface area contributed by atoms with Gasteiger partial charge in [0.25, 0.3) is 5.91 Å². The highest BCUT2D eigenvalue weighted by atomic mass is 16.5. The van der Waals surface area contributed by atoms with Crippen LogP contribution in [-0.4, -0.2) is 26.2 Å². The van der Waals surface area contributed by atoms with E-state index in [-0.39, 0.29) is 5.91 Å². The highest BCUT2D eigenvalue weighted by Crippen LogP contribution is 2.28.